The monoisotopic (exact) mass is 382 g/mol. The Balaban J connectivity index is 1.79. The number of amides is 1. The van der Waals surface area contributed by atoms with Gasteiger partial charge in [0.15, 0.2) is 16.6 Å². The molecule has 0 aliphatic carbocycles. The summed E-state index contributed by atoms with van der Waals surface area (Å²) in [6.07, 6.45) is 0. The molecule has 1 N–H and O–H groups in total. The van der Waals surface area contributed by atoms with Crippen LogP contribution in [0.25, 0.3) is 11.3 Å². The van der Waals surface area contributed by atoms with Crippen molar-refractivity contribution in [3.05, 3.63) is 59.5 Å². The molecular formula is C21H22N2O3S. The van der Waals surface area contributed by atoms with E-state index in [2.05, 4.69) is 10.3 Å². The smallest absolute Gasteiger partial charge is 0.236 e. The van der Waals surface area contributed by atoms with Gasteiger partial charge in [-0.3, -0.25) is 4.79 Å². The summed E-state index contributed by atoms with van der Waals surface area (Å²) in [4.78, 5) is 17.3. The normalized spacial score (nSPS) is 11.1. The molecule has 0 fully saturated rings. The summed E-state index contributed by atoms with van der Waals surface area (Å²) in [6, 6.07) is 15.3. The second-order valence-electron chi connectivity index (χ2n) is 6.55. The van der Waals surface area contributed by atoms with E-state index in [1.165, 1.54) is 11.3 Å². The summed E-state index contributed by atoms with van der Waals surface area (Å²) >= 11 is 1.39. The first-order chi connectivity index (χ1) is 13.0. The third-order valence-corrected chi connectivity index (χ3v) is 5.22. The van der Waals surface area contributed by atoms with Gasteiger partial charge in [-0.15, -0.1) is 11.3 Å². The molecular weight excluding hydrogens is 360 g/mol. The number of carbonyl (C=O) groups excluding carboxylic acids is 1. The SMILES string of the molecule is COc1ccc(-c2csc(NC(=O)C(C)(C)c3ccccc3)n2)cc1OC. The van der Waals surface area contributed by atoms with Crippen LogP contribution in [-0.2, 0) is 10.2 Å². The van der Waals surface area contributed by atoms with Gasteiger partial charge >= 0.3 is 0 Å². The third-order valence-electron chi connectivity index (χ3n) is 4.47. The first kappa shape index (κ1) is 18.9. The van der Waals surface area contributed by atoms with E-state index in [0.717, 1.165) is 16.8 Å². The summed E-state index contributed by atoms with van der Waals surface area (Å²) in [5.74, 6) is 1.20. The lowest BCUT2D eigenvalue weighted by Crippen LogP contribution is -2.34. The second kappa shape index (κ2) is 7.80. The van der Waals surface area contributed by atoms with Crippen molar-refractivity contribution in [3.63, 3.8) is 0 Å². The number of aromatic nitrogens is 1. The van der Waals surface area contributed by atoms with Crippen LogP contribution in [0.15, 0.2) is 53.9 Å². The molecule has 0 saturated carbocycles. The first-order valence-electron chi connectivity index (χ1n) is 8.50. The Morgan fingerprint density at radius 1 is 1.04 bits per heavy atom. The molecule has 0 radical (unpaired) electrons. The van der Waals surface area contributed by atoms with Gasteiger partial charge in [-0.2, -0.15) is 0 Å². The number of benzene rings is 2. The minimum absolute atomic E-state index is 0.0955. The van der Waals surface area contributed by atoms with Crippen molar-refractivity contribution in [1.82, 2.24) is 4.98 Å². The molecule has 1 amide bonds. The average molecular weight is 382 g/mol. The van der Waals surface area contributed by atoms with Crippen LogP contribution in [0.5, 0.6) is 11.5 Å². The largest absolute Gasteiger partial charge is 0.493 e. The molecule has 1 aromatic heterocycles. The molecule has 140 valence electrons. The zero-order valence-corrected chi connectivity index (χ0v) is 16.6. The summed E-state index contributed by atoms with van der Waals surface area (Å²) in [5.41, 5.74) is 1.97. The molecule has 1 heterocycles. The number of ether oxygens (including phenoxy) is 2. The van der Waals surface area contributed by atoms with Crippen molar-refractivity contribution in [2.45, 2.75) is 19.3 Å². The van der Waals surface area contributed by atoms with Crippen molar-refractivity contribution in [3.8, 4) is 22.8 Å². The molecule has 0 saturated heterocycles. The van der Waals surface area contributed by atoms with E-state index in [-0.39, 0.29) is 5.91 Å². The molecule has 3 rings (SSSR count). The van der Waals surface area contributed by atoms with Crippen molar-refractivity contribution >= 4 is 22.4 Å². The fourth-order valence-corrected chi connectivity index (χ4v) is 3.41. The molecule has 27 heavy (non-hydrogen) atoms. The summed E-state index contributed by atoms with van der Waals surface area (Å²) in [6.45, 7) is 3.81. The number of nitrogens with one attached hydrogen (secondary N) is 1. The average Bonchev–Trinajstić information content (AvgIpc) is 3.16. The quantitative estimate of drug-likeness (QED) is 0.669. The molecule has 6 heteroatoms. The number of thiazole rings is 1. The highest BCUT2D eigenvalue weighted by Gasteiger charge is 2.30. The van der Waals surface area contributed by atoms with Crippen LogP contribution >= 0.6 is 11.3 Å². The molecule has 0 atom stereocenters. The van der Waals surface area contributed by atoms with Crippen molar-refractivity contribution < 1.29 is 14.3 Å². The van der Waals surface area contributed by atoms with Crippen LogP contribution in [0, 0.1) is 0 Å². The van der Waals surface area contributed by atoms with Gasteiger partial charge in [0, 0.05) is 10.9 Å². The Morgan fingerprint density at radius 3 is 2.41 bits per heavy atom. The van der Waals surface area contributed by atoms with E-state index >= 15 is 0 Å². The number of hydrogen-bond donors (Lipinski definition) is 1. The highest BCUT2D eigenvalue weighted by atomic mass is 32.1. The van der Waals surface area contributed by atoms with Crippen LogP contribution in [0.3, 0.4) is 0 Å². The fourth-order valence-electron chi connectivity index (χ4n) is 2.70. The van der Waals surface area contributed by atoms with Gasteiger partial charge in [-0.05, 0) is 37.6 Å². The number of carbonyl (C=O) groups is 1. The summed E-state index contributed by atoms with van der Waals surface area (Å²) in [5, 5.41) is 5.41. The lowest BCUT2D eigenvalue weighted by atomic mass is 9.84. The maximum Gasteiger partial charge on any atom is 0.236 e. The highest BCUT2D eigenvalue weighted by Crippen LogP contribution is 2.34. The standard InChI is InChI=1S/C21H22N2O3S/c1-21(2,15-8-6-5-7-9-15)19(24)23-20-22-16(13-27-20)14-10-11-17(25-3)18(12-14)26-4/h5-13H,1-4H3,(H,22,23,24). The number of rotatable bonds is 6. The molecule has 3 aromatic rings. The van der Waals surface area contributed by atoms with Crippen molar-refractivity contribution in [2.24, 2.45) is 0 Å². The maximum absolute atomic E-state index is 12.8. The van der Waals surface area contributed by atoms with Crippen LogP contribution in [-0.4, -0.2) is 25.1 Å². The number of nitrogens with zero attached hydrogens (tertiary/aromatic N) is 1. The van der Waals surface area contributed by atoms with Gasteiger partial charge in [-0.1, -0.05) is 30.3 Å². The Bertz CT molecular complexity index is 936. The topological polar surface area (TPSA) is 60.5 Å². The van der Waals surface area contributed by atoms with Gasteiger partial charge in [0.1, 0.15) is 0 Å². The Labute approximate surface area is 163 Å². The predicted molar refractivity (Wildman–Crippen MR) is 109 cm³/mol. The van der Waals surface area contributed by atoms with Crippen LogP contribution < -0.4 is 14.8 Å². The van der Waals surface area contributed by atoms with E-state index < -0.39 is 5.41 Å². The zero-order valence-electron chi connectivity index (χ0n) is 15.8. The third kappa shape index (κ3) is 3.95. The molecule has 0 spiro atoms. The highest BCUT2D eigenvalue weighted by molar-refractivity contribution is 7.14. The van der Waals surface area contributed by atoms with E-state index in [0.29, 0.717) is 16.6 Å². The molecule has 0 bridgehead atoms. The van der Waals surface area contributed by atoms with E-state index in [1.54, 1.807) is 14.2 Å². The Kier molecular flexibility index (Phi) is 5.46. The molecule has 0 aliphatic heterocycles. The Hall–Kier alpha value is -2.86. The van der Waals surface area contributed by atoms with Gasteiger partial charge in [0.05, 0.1) is 25.3 Å². The van der Waals surface area contributed by atoms with Gasteiger partial charge in [-0.25, -0.2) is 4.98 Å². The minimum atomic E-state index is -0.656. The predicted octanol–water partition coefficient (Wildman–Crippen LogP) is 4.74. The van der Waals surface area contributed by atoms with Gasteiger partial charge in [0.25, 0.3) is 0 Å². The molecule has 5 nitrogen and oxygen atoms in total. The number of anilines is 1. The fraction of sp³-hybridized carbons (Fsp3) is 0.238. The van der Waals surface area contributed by atoms with Crippen LogP contribution in [0.2, 0.25) is 0 Å². The maximum atomic E-state index is 12.8. The molecule has 0 unspecified atom stereocenters. The molecule has 0 aliphatic rings. The molecule has 2 aromatic carbocycles. The van der Waals surface area contributed by atoms with E-state index in [9.17, 15) is 4.79 Å². The summed E-state index contributed by atoms with van der Waals surface area (Å²) in [7, 11) is 3.20. The van der Waals surface area contributed by atoms with Crippen LogP contribution in [0.1, 0.15) is 19.4 Å². The number of methoxy groups -OCH3 is 2. The van der Waals surface area contributed by atoms with Crippen molar-refractivity contribution in [2.75, 3.05) is 19.5 Å². The van der Waals surface area contributed by atoms with Gasteiger partial charge in [0.2, 0.25) is 5.91 Å². The lowest BCUT2D eigenvalue weighted by Gasteiger charge is -2.23. The lowest BCUT2D eigenvalue weighted by molar-refractivity contribution is -0.120. The Morgan fingerprint density at radius 2 is 1.74 bits per heavy atom. The zero-order chi connectivity index (χ0) is 19.4. The van der Waals surface area contributed by atoms with E-state index in [4.69, 9.17) is 9.47 Å². The van der Waals surface area contributed by atoms with Gasteiger partial charge < -0.3 is 14.8 Å². The minimum Gasteiger partial charge on any atom is -0.493 e. The number of hydrogen-bond acceptors (Lipinski definition) is 5. The summed E-state index contributed by atoms with van der Waals surface area (Å²) < 4.78 is 10.6. The first-order valence-corrected chi connectivity index (χ1v) is 9.38. The second-order valence-corrected chi connectivity index (χ2v) is 7.41. The van der Waals surface area contributed by atoms with E-state index in [1.807, 2.05) is 67.8 Å². The van der Waals surface area contributed by atoms with Crippen molar-refractivity contribution in [1.29, 1.82) is 0 Å². The van der Waals surface area contributed by atoms with Crippen LogP contribution in [0.4, 0.5) is 5.13 Å².